The standard InChI is InChI=1S/C29H37F2N5O4/c1-29(2,3)40-28(38)36-20-11-9-17(10-12-20)22(15-35-4)23(32)14-18-7-5-16-6-8-19(13-21(16)24(18)37)26(33)39-27(34)25(30)31/h6-8,13,15,17,20,25,33-34H,5,9-12,14,32H2,1-4H3,(H,36,38). The molecule has 0 atom stereocenters. The lowest BCUT2D eigenvalue weighted by atomic mass is 9.80. The lowest BCUT2D eigenvalue weighted by Crippen LogP contribution is -2.41. The summed E-state index contributed by atoms with van der Waals surface area (Å²) in [5, 5.41) is 18.0. The summed E-state index contributed by atoms with van der Waals surface area (Å²) < 4.78 is 35.2. The Hall–Kier alpha value is -3.89. The van der Waals surface area contributed by atoms with E-state index in [-0.39, 0.29) is 29.7 Å². The number of nitrogens with one attached hydrogen (secondary N) is 3. The summed E-state index contributed by atoms with van der Waals surface area (Å²) in [5.41, 5.74) is 9.10. The van der Waals surface area contributed by atoms with Crippen molar-refractivity contribution in [2.45, 2.75) is 77.4 Å². The van der Waals surface area contributed by atoms with Crippen LogP contribution in [0.5, 0.6) is 0 Å². The molecule has 11 heteroatoms. The number of nitrogens with two attached hydrogens (primary N) is 1. The number of allylic oxidation sites excluding steroid dienone is 3. The molecule has 1 fully saturated rings. The highest BCUT2D eigenvalue weighted by molar-refractivity contribution is 6.12. The van der Waals surface area contributed by atoms with E-state index in [2.05, 4.69) is 15.0 Å². The van der Waals surface area contributed by atoms with Crippen LogP contribution in [-0.2, 0) is 15.9 Å². The number of hydrogen-bond acceptors (Lipinski definition) is 8. The fraction of sp³-hybridized carbons (Fsp3) is 0.483. The Balaban J connectivity index is 1.70. The molecule has 2 aliphatic rings. The minimum atomic E-state index is -3.14. The van der Waals surface area contributed by atoms with E-state index in [9.17, 15) is 18.4 Å². The van der Waals surface area contributed by atoms with Crippen LogP contribution in [0.3, 0.4) is 0 Å². The molecule has 40 heavy (non-hydrogen) atoms. The van der Waals surface area contributed by atoms with E-state index in [1.54, 1.807) is 19.3 Å². The van der Waals surface area contributed by atoms with Gasteiger partial charge < -0.3 is 20.5 Å². The topological polar surface area (TPSA) is 151 Å². The average Bonchev–Trinajstić information content (AvgIpc) is 2.88. The zero-order valence-electron chi connectivity index (χ0n) is 23.3. The van der Waals surface area contributed by atoms with Crippen LogP contribution < -0.4 is 11.1 Å². The largest absolute Gasteiger partial charge is 0.444 e. The lowest BCUT2D eigenvalue weighted by Gasteiger charge is -2.31. The first kappa shape index (κ1) is 30.6. The van der Waals surface area contributed by atoms with Crippen molar-refractivity contribution in [2.24, 2.45) is 16.6 Å². The van der Waals surface area contributed by atoms with Crippen LogP contribution >= 0.6 is 0 Å². The molecule has 1 aromatic rings. The molecular weight excluding hydrogens is 520 g/mol. The normalized spacial score (nSPS) is 20.0. The van der Waals surface area contributed by atoms with Gasteiger partial charge in [0.15, 0.2) is 5.78 Å². The van der Waals surface area contributed by atoms with Crippen LogP contribution in [0.4, 0.5) is 13.6 Å². The first-order valence-electron chi connectivity index (χ1n) is 13.2. The maximum Gasteiger partial charge on any atom is 0.407 e. The molecule has 0 bridgehead atoms. The molecule has 0 heterocycles. The van der Waals surface area contributed by atoms with E-state index >= 15 is 0 Å². The molecule has 1 saturated carbocycles. The monoisotopic (exact) mass is 557 g/mol. The summed E-state index contributed by atoms with van der Waals surface area (Å²) in [6, 6.07) is 4.59. The molecule has 9 nitrogen and oxygen atoms in total. The number of ether oxygens (including phenoxy) is 2. The highest BCUT2D eigenvalue weighted by Crippen LogP contribution is 2.33. The number of Topliss-reactive ketones (excluding diaryl/α,β-unsaturated/α-hetero) is 1. The number of nitrogens with zero attached hydrogens (tertiary/aromatic N) is 1. The average molecular weight is 558 g/mol. The number of hydrogen-bond donors (Lipinski definition) is 4. The first-order valence-corrected chi connectivity index (χ1v) is 13.2. The van der Waals surface area contributed by atoms with Crippen LogP contribution in [0.1, 0.15) is 74.4 Å². The summed E-state index contributed by atoms with van der Waals surface area (Å²) in [6.07, 6.45) is 3.77. The van der Waals surface area contributed by atoms with Crippen LogP contribution in [-0.4, -0.2) is 55.0 Å². The molecule has 0 unspecified atom stereocenters. The Kier molecular flexibility index (Phi) is 9.94. The van der Waals surface area contributed by atoms with Crippen LogP contribution in [0.25, 0.3) is 0 Å². The van der Waals surface area contributed by atoms with Gasteiger partial charge in [-0.15, -0.1) is 0 Å². The van der Waals surface area contributed by atoms with Crippen molar-refractivity contribution in [2.75, 3.05) is 7.05 Å². The summed E-state index contributed by atoms with van der Waals surface area (Å²) >= 11 is 0. The third-order valence-electron chi connectivity index (χ3n) is 6.79. The fourth-order valence-electron chi connectivity index (χ4n) is 4.89. The second kappa shape index (κ2) is 13.0. The van der Waals surface area contributed by atoms with Crippen molar-refractivity contribution < 1.29 is 27.8 Å². The van der Waals surface area contributed by atoms with Gasteiger partial charge >= 0.3 is 12.5 Å². The second-order valence-electron chi connectivity index (χ2n) is 11.0. The molecule has 5 N–H and O–H groups in total. The Morgan fingerprint density at radius 1 is 1.23 bits per heavy atom. The molecule has 3 rings (SSSR count). The third kappa shape index (κ3) is 8.06. The van der Waals surface area contributed by atoms with Gasteiger partial charge in [-0.05, 0) is 82.1 Å². The van der Waals surface area contributed by atoms with E-state index in [0.717, 1.165) is 36.8 Å². The Morgan fingerprint density at radius 3 is 2.50 bits per heavy atom. The lowest BCUT2D eigenvalue weighted by molar-refractivity contribution is 0.0489. The van der Waals surface area contributed by atoms with E-state index in [1.165, 1.54) is 12.1 Å². The number of amides is 1. The smallest absolute Gasteiger partial charge is 0.407 e. The molecule has 0 saturated heterocycles. The van der Waals surface area contributed by atoms with Gasteiger partial charge in [-0.3, -0.25) is 20.6 Å². The summed E-state index contributed by atoms with van der Waals surface area (Å²) in [7, 11) is 1.66. The highest BCUT2D eigenvalue weighted by Gasteiger charge is 2.29. The fourth-order valence-corrected chi connectivity index (χ4v) is 4.89. The Bertz CT molecular complexity index is 1260. The van der Waals surface area contributed by atoms with E-state index in [4.69, 9.17) is 21.3 Å². The van der Waals surface area contributed by atoms with Gasteiger partial charge in [0.05, 0.1) is 0 Å². The van der Waals surface area contributed by atoms with Gasteiger partial charge in [0.25, 0.3) is 5.90 Å². The maximum absolute atomic E-state index is 13.4. The quantitative estimate of drug-likeness (QED) is 0.264. The number of alkyl halides is 2. The molecule has 2 aliphatic carbocycles. The number of ketones is 1. The second-order valence-corrected chi connectivity index (χ2v) is 11.0. The Morgan fingerprint density at radius 2 is 1.90 bits per heavy atom. The third-order valence-corrected chi connectivity index (χ3v) is 6.79. The number of rotatable bonds is 7. The minimum Gasteiger partial charge on any atom is -0.444 e. The molecule has 1 amide bonds. The number of alkyl carbamates (subject to hydrolysis) is 1. The van der Waals surface area contributed by atoms with Crippen molar-refractivity contribution in [3.63, 3.8) is 0 Å². The molecule has 0 radical (unpaired) electrons. The number of carbonyl (C=O) groups is 2. The molecule has 0 aromatic heterocycles. The molecule has 0 aliphatic heterocycles. The van der Waals surface area contributed by atoms with Gasteiger partial charge in [0.2, 0.25) is 5.90 Å². The van der Waals surface area contributed by atoms with E-state index in [0.29, 0.717) is 23.3 Å². The van der Waals surface area contributed by atoms with Gasteiger partial charge in [-0.1, -0.05) is 12.1 Å². The predicted molar refractivity (Wildman–Crippen MR) is 150 cm³/mol. The first-order chi connectivity index (χ1) is 18.8. The minimum absolute atomic E-state index is 0.00704. The highest BCUT2D eigenvalue weighted by atomic mass is 19.3. The Labute approximate surface area is 232 Å². The van der Waals surface area contributed by atoms with E-state index < -0.39 is 29.9 Å². The summed E-state index contributed by atoms with van der Waals surface area (Å²) in [4.78, 5) is 29.7. The SMILES string of the molecule is CN=CC(=C(N)CC1=CCc2ccc(C(=N)OC(=N)C(F)F)cc2C1=O)C1CCC(NC(=O)OC(C)(C)C)CC1. The van der Waals surface area contributed by atoms with Crippen molar-refractivity contribution >= 4 is 29.9 Å². The summed E-state index contributed by atoms with van der Waals surface area (Å²) in [6.45, 7) is 5.46. The number of halogens is 2. The zero-order chi connectivity index (χ0) is 29.6. The number of aliphatic imine (C=N–C) groups is 1. The van der Waals surface area contributed by atoms with E-state index in [1.807, 2.05) is 26.8 Å². The van der Waals surface area contributed by atoms with Crippen molar-refractivity contribution in [1.82, 2.24) is 5.32 Å². The number of benzene rings is 1. The van der Waals surface area contributed by atoms with Gasteiger partial charge in [-0.2, -0.15) is 8.78 Å². The maximum atomic E-state index is 13.4. The van der Waals surface area contributed by atoms with Gasteiger partial charge in [0.1, 0.15) is 5.60 Å². The van der Waals surface area contributed by atoms with Gasteiger partial charge in [0, 0.05) is 48.1 Å². The number of fused-ring (bicyclic) bond motifs is 1. The molecular formula is C29H37F2N5O4. The molecule has 1 aromatic carbocycles. The van der Waals surface area contributed by atoms with Crippen molar-refractivity contribution in [1.29, 1.82) is 10.8 Å². The zero-order valence-corrected chi connectivity index (χ0v) is 23.3. The molecule has 216 valence electrons. The predicted octanol–water partition coefficient (Wildman–Crippen LogP) is 5.32. The number of carbonyl (C=O) groups excluding carboxylic acids is 2. The van der Waals surface area contributed by atoms with Crippen molar-refractivity contribution in [3.05, 3.63) is 57.8 Å². The van der Waals surface area contributed by atoms with Crippen LogP contribution in [0.15, 0.2) is 46.1 Å². The van der Waals surface area contributed by atoms with Crippen LogP contribution in [0, 0.1) is 16.7 Å². The van der Waals surface area contributed by atoms with Gasteiger partial charge in [-0.25, -0.2) is 4.79 Å². The van der Waals surface area contributed by atoms with Crippen LogP contribution in [0.2, 0.25) is 0 Å². The van der Waals surface area contributed by atoms with Crippen molar-refractivity contribution in [3.8, 4) is 0 Å². The molecule has 0 spiro atoms. The summed E-state index contributed by atoms with van der Waals surface area (Å²) in [5.74, 6) is -2.09.